The first kappa shape index (κ1) is 14.8. The molecule has 0 aromatic carbocycles. The van der Waals surface area contributed by atoms with Crippen LogP contribution in [-0.4, -0.2) is 60.6 Å². The molecule has 1 rings (SSSR count). The molecule has 9 nitrogen and oxygen atoms in total. The molecule has 0 radical (unpaired) electrons. The number of nitrogens with two attached hydrogens (primary N) is 1. The van der Waals surface area contributed by atoms with Crippen LogP contribution in [0.2, 0.25) is 0 Å². The Morgan fingerprint density at radius 2 is 2.16 bits per heavy atom. The van der Waals surface area contributed by atoms with Gasteiger partial charge in [-0.25, -0.2) is 4.99 Å². The summed E-state index contributed by atoms with van der Waals surface area (Å²) in [5, 5.41) is 13.1. The van der Waals surface area contributed by atoms with Crippen molar-refractivity contribution in [1.82, 2.24) is 10.6 Å². The first-order chi connectivity index (χ1) is 9.02. The van der Waals surface area contributed by atoms with E-state index in [9.17, 15) is 14.4 Å². The standard InChI is InChI=1S/C10H15N5O4/c11-2-8(16)15-7(1-6-3-12-5-14-6)10(19)13-4-9(17)18/h3,5-7H,1-2,4,11H2,(H,13,19)(H,15,16)(H,17,18)/t6-,7-/m0/s1. The zero-order chi connectivity index (χ0) is 14.3. The molecule has 0 bridgehead atoms. The average molecular weight is 269 g/mol. The number of aliphatic carboxylic acids is 1. The Labute approximate surface area is 109 Å². The highest BCUT2D eigenvalue weighted by molar-refractivity contribution is 5.91. The second kappa shape index (κ2) is 7.21. The number of amides is 2. The third-order valence-corrected chi connectivity index (χ3v) is 2.31. The first-order valence-electron chi connectivity index (χ1n) is 5.56. The maximum absolute atomic E-state index is 11.8. The fourth-order valence-electron chi connectivity index (χ4n) is 1.43. The van der Waals surface area contributed by atoms with Crippen LogP contribution < -0.4 is 16.4 Å². The molecule has 0 fully saturated rings. The summed E-state index contributed by atoms with van der Waals surface area (Å²) in [6, 6.07) is -1.22. The minimum absolute atomic E-state index is 0.192. The van der Waals surface area contributed by atoms with Crippen LogP contribution in [0.15, 0.2) is 9.98 Å². The van der Waals surface area contributed by atoms with Crippen molar-refractivity contribution in [2.24, 2.45) is 15.7 Å². The van der Waals surface area contributed by atoms with E-state index in [4.69, 9.17) is 10.8 Å². The minimum Gasteiger partial charge on any atom is -0.480 e. The highest BCUT2D eigenvalue weighted by atomic mass is 16.4. The summed E-state index contributed by atoms with van der Waals surface area (Å²) in [6.45, 7) is -0.777. The van der Waals surface area contributed by atoms with Crippen molar-refractivity contribution in [3.05, 3.63) is 0 Å². The predicted octanol–water partition coefficient (Wildman–Crippen LogP) is -2.50. The number of nitrogens with zero attached hydrogens (tertiary/aromatic N) is 2. The van der Waals surface area contributed by atoms with Crippen molar-refractivity contribution in [3.8, 4) is 0 Å². The van der Waals surface area contributed by atoms with E-state index in [0.717, 1.165) is 0 Å². The van der Waals surface area contributed by atoms with Crippen LogP contribution in [0, 0.1) is 0 Å². The van der Waals surface area contributed by atoms with Crippen molar-refractivity contribution in [2.75, 3.05) is 13.1 Å². The van der Waals surface area contributed by atoms with E-state index in [1.165, 1.54) is 12.6 Å². The molecule has 2 amide bonds. The number of nitrogens with one attached hydrogen (secondary N) is 2. The van der Waals surface area contributed by atoms with Gasteiger partial charge in [0, 0.05) is 12.6 Å². The van der Waals surface area contributed by atoms with Crippen LogP contribution in [0.5, 0.6) is 0 Å². The van der Waals surface area contributed by atoms with Gasteiger partial charge in [0.05, 0.1) is 12.6 Å². The lowest BCUT2D eigenvalue weighted by Crippen LogP contribution is -2.50. The number of hydrogen-bond acceptors (Lipinski definition) is 6. The Kier molecular flexibility index (Phi) is 5.61. The van der Waals surface area contributed by atoms with Crippen molar-refractivity contribution >= 4 is 30.3 Å². The van der Waals surface area contributed by atoms with E-state index in [1.54, 1.807) is 0 Å². The number of rotatable bonds is 7. The largest absolute Gasteiger partial charge is 0.480 e. The summed E-state index contributed by atoms with van der Waals surface area (Å²) in [5.74, 6) is -2.27. The van der Waals surface area contributed by atoms with Crippen molar-refractivity contribution in [1.29, 1.82) is 0 Å². The Balaban J connectivity index is 2.59. The van der Waals surface area contributed by atoms with E-state index < -0.39 is 30.4 Å². The van der Waals surface area contributed by atoms with E-state index in [2.05, 4.69) is 20.6 Å². The fourth-order valence-corrected chi connectivity index (χ4v) is 1.43. The summed E-state index contributed by atoms with van der Waals surface area (Å²) in [5.41, 5.74) is 5.16. The quantitative estimate of drug-likeness (QED) is 0.403. The molecule has 0 aromatic rings. The molecule has 1 aliphatic heterocycles. The van der Waals surface area contributed by atoms with Gasteiger partial charge in [-0.1, -0.05) is 0 Å². The van der Waals surface area contributed by atoms with Gasteiger partial charge >= 0.3 is 5.97 Å². The van der Waals surface area contributed by atoms with Gasteiger partial charge < -0.3 is 21.5 Å². The molecule has 1 aliphatic rings. The van der Waals surface area contributed by atoms with Crippen LogP contribution in [0.1, 0.15) is 6.42 Å². The van der Waals surface area contributed by atoms with Gasteiger partial charge in [-0.2, -0.15) is 0 Å². The lowest BCUT2D eigenvalue weighted by atomic mass is 10.1. The lowest BCUT2D eigenvalue weighted by molar-refractivity contribution is -0.138. The Bertz CT molecular complexity index is 408. The molecular weight excluding hydrogens is 254 g/mol. The van der Waals surface area contributed by atoms with Gasteiger partial charge in [0.1, 0.15) is 18.9 Å². The van der Waals surface area contributed by atoms with E-state index in [-0.39, 0.29) is 19.0 Å². The third-order valence-electron chi connectivity index (χ3n) is 2.31. The highest BCUT2D eigenvalue weighted by Crippen LogP contribution is 2.04. The minimum atomic E-state index is -1.17. The molecule has 0 saturated heterocycles. The van der Waals surface area contributed by atoms with E-state index >= 15 is 0 Å². The Hall–Kier alpha value is -2.29. The van der Waals surface area contributed by atoms with E-state index in [1.807, 2.05) is 0 Å². The summed E-state index contributed by atoms with van der Waals surface area (Å²) < 4.78 is 0. The molecule has 5 N–H and O–H groups in total. The summed E-state index contributed by atoms with van der Waals surface area (Å²) in [7, 11) is 0. The normalized spacial score (nSPS) is 18.1. The van der Waals surface area contributed by atoms with Gasteiger partial charge in [0.15, 0.2) is 0 Å². The van der Waals surface area contributed by atoms with Crippen LogP contribution in [-0.2, 0) is 14.4 Å². The maximum Gasteiger partial charge on any atom is 0.322 e. The number of carbonyl (C=O) groups excluding carboxylic acids is 2. The molecule has 0 aliphatic carbocycles. The number of aliphatic imine (C=N–C) groups is 2. The predicted molar refractivity (Wildman–Crippen MR) is 67.0 cm³/mol. The third kappa shape index (κ3) is 5.25. The molecule has 0 unspecified atom stereocenters. The molecule has 0 spiro atoms. The number of carboxylic acids is 1. The molecule has 19 heavy (non-hydrogen) atoms. The van der Waals surface area contributed by atoms with Crippen LogP contribution in [0.4, 0.5) is 0 Å². The van der Waals surface area contributed by atoms with Crippen molar-refractivity contribution in [2.45, 2.75) is 18.5 Å². The molecule has 2 atom stereocenters. The summed E-state index contributed by atoms with van der Waals surface area (Å²) >= 11 is 0. The molecule has 0 aromatic heterocycles. The maximum atomic E-state index is 11.8. The topological polar surface area (TPSA) is 146 Å². The van der Waals surface area contributed by atoms with Gasteiger partial charge in [-0.05, 0) is 0 Å². The molecule has 1 heterocycles. The Morgan fingerprint density at radius 1 is 1.42 bits per heavy atom. The number of carboxylic acid groups (broad SMARTS) is 1. The second-order valence-corrected chi connectivity index (χ2v) is 3.80. The van der Waals surface area contributed by atoms with Gasteiger partial charge in [-0.3, -0.25) is 19.4 Å². The smallest absolute Gasteiger partial charge is 0.322 e. The van der Waals surface area contributed by atoms with Gasteiger partial charge in [-0.15, -0.1) is 0 Å². The van der Waals surface area contributed by atoms with E-state index in [0.29, 0.717) is 0 Å². The monoisotopic (exact) mass is 269 g/mol. The first-order valence-corrected chi connectivity index (χ1v) is 5.56. The molecule has 0 saturated carbocycles. The lowest BCUT2D eigenvalue weighted by Gasteiger charge is -2.18. The SMILES string of the molecule is NCC(=O)N[C@@H](C[C@H]1C=NC=N1)C(=O)NCC(=O)O. The van der Waals surface area contributed by atoms with Crippen LogP contribution in [0.3, 0.4) is 0 Å². The highest BCUT2D eigenvalue weighted by Gasteiger charge is 2.24. The van der Waals surface area contributed by atoms with Crippen LogP contribution >= 0.6 is 0 Å². The molecule has 104 valence electrons. The molecular formula is C10H15N5O4. The van der Waals surface area contributed by atoms with Crippen molar-refractivity contribution in [3.63, 3.8) is 0 Å². The summed E-state index contributed by atoms with van der Waals surface area (Å²) in [6.07, 6.45) is 3.07. The average Bonchev–Trinajstić information content (AvgIpc) is 2.87. The Morgan fingerprint density at radius 3 is 2.68 bits per heavy atom. The van der Waals surface area contributed by atoms with Gasteiger partial charge in [0.2, 0.25) is 11.8 Å². The van der Waals surface area contributed by atoms with Gasteiger partial charge in [0.25, 0.3) is 0 Å². The van der Waals surface area contributed by atoms with Crippen LogP contribution in [0.25, 0.3) is 0 Å². The zero-order valence-electron chi connectivity index (χ0n) is 10.1. The summed E-state index contributed by atoms with van der Waals surface area (Å²) in [4.78, 5) is 41.1. The second-order valence-electron chi connectivity index (χ2n) is 3.80. The fraction of sp³-hybridized carbons (Fsp3) is 0.500. The number of hydrogen-bond donors (Lipinski definition) is 4. The number of carbonyl (C=O) groups is 3. The zero-order valence-corrected chi connectivity index (χ0v) is 10.1. The molecule has 9 heteroatoms. The van der Waals surface area contributed by atoms with Crippen molar-refractivity contribution < 1.29 is 19.5 Å².